The number of ether oxygens (including phenoxy) is 1. The molecule has 94 valence electrons. The summed E-state index contributed by atoms with van der Waals surface area (Å²) in [6, 6.07) is 9.05. The van der Waals surface area contributed by atoms with E-state index in [1.807, 2.05) is 6.07 Å². The van der Waals surface area contributed by atoms with Gasteiger partial charge < -0.3 is 4.74 Å². The van der Waals surface area contributed by atoms with E-state index in [2.05, 4.69) is 4.98 Å². The first-order chi connectivity index (χ1) is 9.22. The molecule has 5 heteroatoms. The van der Waals surface area contributed by atoms with Crippen molar-refractivity contribution in [2.24, 2.45) is 0 Å². The van der Waals surface area contributed by atoms with Crippen molar-refractivity contribution in [1.29, 1.82) is 5.26 Å². The van der Waals surface area contributed by atoms with E-state index in [1.165, 1.54) is 18.3 Å². The number of carbonyl (C=O) groups excluding carboxylic acids is 1. The van der Waals surface area contributed by atoms with Crippen LogP contribution in [0.2, 0.25) is 0 Å². The highest BCUT2D eigenvalue weighted by Crippen LogP contribution is 2.17. The molecule has 0 saturated carbocycles. The van der Waals surface area contributed by atoms with Crippen molar-refractivity contribution in [2.75, 3.05) is 0 Å². The van der Waals surface area contributed by atoms with Crippen LogP contribution in [0, 0.1) is 17.1 Å². The molecule has 0 N–H and O–H groups in total. The number of halogens is 1. The molecule has 0 radical (unpaired) electrons. The monoisotopic (exact) mass is 256 g/mol. The van der Waals surface area contributed by atoms with Gasteiger partial charge in [0.25, 0.3) is 0 Å². The summed E-state index contributed by atoms with van der Waals surface area (Å²) in [7, 11) is 0. The second-order valence-electron chi connectivity index (χ2n) is 3.75. The molecule has 2 aromatic rings. The lowest BCUT2D eigenvalue weighted by molar-refractivity contribution is 0.112. The Balaban J connectivity index is 2.17. The Kier molecular flexibility index (Phi) is 3.84. The van der Waals surface area contributed by atoms with E-state index in [1.54, 1.807) is 12.1 Å². The normalized spacial score (nSPS) is 9.68. The zero-order valence-electron chi connectivity index (χ0n) is 9.84. The third-order valence-electron chi connectivity index (χ3n) is 2.42. The molecule has 1 aromatic carbocycles. The first kappa shape index (κ1) is 12.7. The van der Waals surface area contributed by atoms with Gasteiger partial charge in [-0.1, -0.05) is 6.07 Å². The molecule has 0 unspecified atom stereocenters. The number of hydrogen-bond acceptors (Lipinski definition) is 4. The summed E-state index contributed by atoms with van der Waals surface area (Å²) in [5.41, 5.74) is 1.05. The average molecular weight is 256 g/mol. The van der Waals surface area contributed by atoms with Gasteiger partial charge in [-0.3, -0.25) is 4.79 Å². The maximum Gasteiger partial charge on any atom is 0.150 e. The van der Waals surface area contributed by atoms with Gasteiger partial charge in [0.05, 0.1) is 0 Å². The van der Waals surface area contributed by atoms with Crippen molar-refractivity contribution in [3.63, 3.8) is 0 Å². The quantitative estimate of drug-likeness (QED) is 0.788. The van der Waals surface area contributed by atoms with E-state index in [4.69, 9.17) is 10.00 Å². The molecule has 4 nitrogen and oxygen atoms in total. The Morgan fingerprint density at radius 1 is 1.42 bits per heavy atom. The van der Waals surface area contributed by atoms with Crippen LogP contribution in [0.25, 0.3) is 0 Å². The molecule has 0 amide bonds. The van der Waals surface area contributed by atoms with Gasteiger partial charge in [-0.2, -0.15) is 5.26 Å². The molecule has 2 rings (SSSR count). The van der Waals surface area contributed by atoms with Crippen LogP contribution in [0.4, 0.5) is 4.39 Å². The number of carbonyl (C=O) groups is 1. The van der Waals surface area contributed by atoms with Gasteiger partial charge in [0.1, 0.15) is 36.2 Å². The number of nitrogens with zero attached hydrogens (tertiary/aromatic N) is 2. The molecule has 0 atom stereocenters. The summed E-state index contributed by atoms with van der Waals surface area (Å²) < 4.78 is 18.6. The molecule has 0 saturated heterocycles. The Bertz CT molecular complexity index is 650. The van der Waals surface area contributed by atoms with Crippen LogP contribution in [0.3, 0.4) is 0 Å². The summed E-state index contributed by atoms with van der Waals surface area (Å²) in [6.45, 7) is 0.0818. The van der Waals surface area contributed by atoms with Gasteiger partial charge in [-0.25, -0.2) is 9.37 Å². The van der Waals surface area contributed by atoms with Crippen molar-refractivity contribution in [2.45, 2.75) is 6.61 Å². The SMILES string of the molecule is N#Cc1ncccc1COc1cc(F)cc(C=O)c1. The summed E-state index contributed by atoms with van der Waals surface area (Å²) in [4.78, 5) is 14.5. The number of benzene rings is 1. The highest BCUT2D eigenvalue weighted by Gasteiger charge is 2.05. The van der Waals surface area contributed by atoms with E-state index < -0.39 is 5.82 Å². The predicted molar refractivity (Wildman–Crippen MR) is 65.1 cm³/mol. The molecule has 0 aliphatic rings. The number of hydrogen-bond donors (Lipinski definition) is 0. The molecule has 1 aromatic heterocycles. The van der Waals surface area contributed by atoms with Crippen molar-refractivity contribution in [1.82, 2.24) is 4.98 Å². The molecule has 1 heterocycles. The molecule has 0 aliphatic heterocycles. The third kappa shape index (κ3) is 3.13. The molecular weight excluding hydrogens is 247 g/mol. The zero-order valence-corrected chi connectivity index (χ0v) is 9.84. The lowest BCUT2D eigenvalue weighted by Crippen LogP contribution is -2.00. The fourth-order valence-electron chi connectivity index (χ4n) is 1.55. The van der Waals surface area contributed by atoms with Crippen molar-refractivity contribution in [3.8, 4) is 11.8 Å². The largest absolute Gasteiger partial charge is 0.489 e. The Labute approximate surface area is 109 Å². The van der Waals surface area contributed by atoms with Gasteiger partial charge >= 0.3 is 0 Å². The minimum Gasteiger partial charge on any atom is -0.489 e. The number of aldehydes is 1. The molecule has 0 fully saturated rings. The summed E-state index contributed by atoms with van der Waals surface area (Å²) >= 11 is 0. The third-order valence-corrected chi connectivity index (χ3v) is 2.42. The van der Waals surface area contributed by atoms with Crippen LogP contribution in [0.15, 0.2) is 36.5 Å². The second-order valence-corrected chi connectivity index (χ2v) is 3.75. The van der Waals surface area contributed by atoms with Crippen LogP contribution in [-0.4, -0.2) is 11.3 Å². The maximum absolute atomic E-state index is 13.2. The minimum atomic E-state index is -0.550. The topological polar surface area (TPSA) is 63.0 Å². The summed E-state index contributed by atoms with van der Waals surface area (Å²) in [5.74, 6) is -0.318. The van der Waals surface area contributed by atoms with Crippen molar-refractivity contribution in [3.05, 3.63) is 59.2 Å². The standard InChI is InChI=1S/C14H9FN2O2/c15-12-4-10(8-18)5-13(6-12)19-9-11-2-1-3-17-14(11)7-16/h1-6,8H,9H2. The molecular formula is C14H9FN2O2. The Morgan fingerprint density at radius 2 is 2.26 bits per heavy atom. The smallest absolute Gasteiger partial charge is 0.150 e. The van der Waals surface area contributed by atoms with Crippen molar-refractivity contribution >= 4 is 6.29 Å². The fourth-order valence-corrected chi connectivity index (χ4v) is 1.55. The summed E-state index contributed by atoms with van der Waals surface area (Å²) in [6.07, 6.45) is 2.05. The van der Waals surface area contributed by atoms with Crippen molar-refractivity contribution < 1.29 is 13.9 Å². The van der Waals surface area contributed by atoms with E-state index in [0.717, 1.165) is 6.07 Å². The number of rotatable bonds is 4. The van der Waals surface area contributed by atoms with Gasteiger partial charge in [-0.05, 0) is 18.2 Å². The van der Waals surface area contributed by atoms with E-state index in [-0.39, 0.29) is 23.6 Å². The number of pyridine rings is 1. The lowest BCUT2D eigenvalue weighted by atomic mass is 10.2. The number of aromatic nitrogens is 1. The van der Waals surface area contributed by atoms with E-state index in [0.29, 0.717) is 11.8 Å². The number of nitriles is 1. The molecule has 0 bridgehead atoms. The lowest BCUT2D eigenvalue weighted by Gasteiger charge is -2.07. The van der Waals surface area contributed by atoms with Crippen LogP contribution < -0.4 is 4.74 Å². The Morgan fingerprint density at radius 3 is 3.00 bits per heavy atom. The van der Waals surface area contributed by atoms with Gasteiger partial charge in [0.15, 0.2) is 0 Å². The molecule has 0 spiro atoms. The highest BCUT2D eigenvalue weighted by atomic mass is 19.1. The predicted octanol–water partition coefficient (Wildman–Crippen LogP) is 2.48. The summed E-state index contributed by atoms with van der Waals surface area (Å²) in [5, 5.41) is 8.87. The minimum absolute atomic E-state index is 0.0818. The van der Waals surface area contributed by atoms with Crippen LogP contribution in [-0.2, 0) is 6.61 Å². The van der Waals surface area contributed by atoms with Crippen LogP contribution >= 0.6 is 0 Å². The molecule has 19 heavy (non-hydrogen) atoms. The second kappa shape index (κ2) is 5.74. The van der Waals surface area contributed by atoms with Crippen LogP contribution in [0.1, 0.15) is 21.6 Å². The first-order valence-electron chi connectivity index (χ1n) is 5.45. The Hall–Kier alpha value is -2.74. The molecule has 0 aliphatic carbocycles. The van der Waals surface area contributed by atoms with E-state index >= 15 is 0 Å². The highest BCUT2D eigenvalue weighted by molar-refractivity contribution is 5.75. The fraction of sp³-hybridized carbons (Fsp3) is 0.0714. The van der Waals surface area contributed by atoms with E-state index in [9.17, 15) is 9.18 Å². The zero-order chi connectivity index (χ0) is 13.7. The van der Waals surface area contributed by atoms with Gasteiger partial charge in [0.2, 0.25) is 0 Å². The first-order valence-corrected chi connectivity index (χ1v) is 5.45. The maximum atomic E-state index is 13.2. The average Bonchev–Trinajstić information content (AvgIpc) is 2.44. The van der Waals surface area contributed by atoms with Crippen LogP contribution in [0.5, 0.6) is 5.75 Å². The van der Waals surface area contributed by atoms with Gasteiger partial charge in [0, 0.05) is 23.4 Å². The van der Waals surface area contributed by atoms with Gasteiger partial charge in [-0.15, -0.1) is 0 Å².